The highest BCUT2D eigenvalue weighted by Crippen LogP contribution is 2.45. The molecule has 0 aliphatic carbocycles. The van der Waals surface area contributed by atoms with Crippen LogP contribution in [0.25, 0.3) is 0 Å². The number of hydrogen-bond acceptors (Lipinski definition) is 10. The van der Waals surface area contributed by atoms with Crippen LogP contribution in [0.5, 0.6) is 0 Å². The van der Waals surface area contributed by atoms with Crippen LogP contribution in [0.1, 0.15) is 98.8 Å². The maximum absolute atomic E-state index is 13.5. The Kier molecular flexibility index (Phi) is 17.4. The summed E-state index contributed by atoms with van der Waals surface area (Å²) in [5.41, 5.74) is 4.70. The largest absolute Gasteiger partial charge is 0.393 e. The minimum absolute atomic E-state index is 0.0277. The van der Waals surface area contributed by atoms with Gasteiger partial charge in [0.25, 0.3) is 0 Å². The maximum Gasteiger partial charge on any atom is 0.243 e. The molecule has 0 spiro atoms. The lowest BCUT2D eigenvalue weighted by molar-refractivity contribution is -0.328. The standard InChI is InChI=1S/C40H65N3O9/c1-26-24-40(6,52-28(3)27(26)2)37(47)30(45)23-31-35-36(50-25-49-31)38(48-7)39(4,5)32(51-35)22-29(44)18-14-11-9-8-10-12-16-20-34(46)43-21-17-13-15-19-33(41)42/h8-10,12,16,20,27-29,31-32,35-38,44,47H,1,11,13-15,17-19,21-25H2,2-7H3,(H3,41,42)(H,43,46)/b9-8+,12-10+,20-16+/t27-,28-,29-,31-,32-,35-,36+,37-,38-,40-/m1/s1. The van der Waals surface area contributed by atoms with Gasteiger partial charge in [0.15, 0.2) is 5.78 Å². The third-order valence-electron chi connectivity index (χ3n) is 10.9. The molecule has 3 rings (SSSR count). The number of unbranched alkanes of at least 4 members (excludes halogenated alkanes) is 3. The molecule has 3 aliphatic heterocycles. The van der Waals surface area contributed by atoms with Crippen LogP contribution in [0.2, 0.25) is 0 Å². The lowest BCUT2D eigenvalue weighted by Crippen LogP contribution is -2.66. The van der Waals surface area contributed by atoms with E-state index in [1.165, 1.54) is 6.08 Å². The molecule has 0 aromatic heterocycles. The second-order valence-corrected chi connectivity index (χ2v) is 15.5. The summed E-state index contributed by atoms with van der Waals surface area (Å²) in [5, 5.41) is 32.3. The Bertz CT molecular complexity index is 1280. The number of aliphatic hydroxyl groups is 2. The van der Waals surface area contributed by atoms with Crippen molar-refractivity contribution in [1.82, 2.24) is 5.32 Å². The third kappa shape index (κ3) is 12.4. The Morgan fingerprint density at radius 1 is 1.08 bits per heavy atom. The van der Waals surface area contributed by atoms with Crippen LogP contribution in [0.3, 0.4) is 0 Å². The van der Waals surface area contributed by atoms with Crippen molar-refractivity contribution < 1.29 is 43.5 Å². The predicted octanol–water partition coefficient (Wildman–Crippen LogP) is 4.82. The van der Waals surface area contributed by atoms with Crippen molar-refractivity contribution in [2.75, 3.05) is 20.4 Å². The van der Waals surface area contributed by atoms with Crippen LogP contribution in [0.4, 0.5) is 0 Å². The molecule has 3 heterocycles. The van der Waals surface area contributed by atoms with Crippen LogP contribution in [0.15, 0.2) is 48.6 Å². The van der Waals surface area contributed by atoms with Crippen LogP contribution in [-0.4, -0.2) is 103 Å². The first-order valence-corrected chi connectivity index (χ1v) is 18.9. The molecule has 0 unspecified atom stereocenters. The number of methoxy groups -OCH3 is 1. The molecule has 0 saturated carbocycles. The Balaban J connectivity index is 1.47. The summed E-state index contributed by atoms with van der Waals surface area (Å²) in [6.45, 7) is 14.5. The zero-order chi connectivity index (χ0) is 38.5. The lowest BCUT2D eigenvalue weighted by Gasteiger charge is -2.54. The number of allylic oxidation sites excluding steroid dienone is 5. The highest BCUT2D eigenvalue weighted by molar-refractivity contribution is 5.87. The van der Waals surface area contributed by atoms with E-state index in [0.717, 1.165) is 37.7 Å². The second kappa shape index (κ2) is 20.7. The first-order chi connectivity index (χ1) is 24.6. The highest BCUT2D eigenvalue weighted by atomic mass is 16.7. The molecule has 3 saturated heterocycles. The summed E-state index contributed by atoms with van der Waals surface area (Å²) >= 11 is 0. The zero-order valence-electron chi connectivity index (χ0n) is 32.2. The van der Waals surface area contributed by atoms with Crippen LogP contribution in [0, 0.1) is 16.7 Å². The number of Topliss-reactive ketones (excluding diaryl/α,β-unsaturated/α-hetero) is 1. The smallest absolute Gasteiger partial charge is 0.243 e. The van der Waals surface area contributed by atoms with E-state index in [9.17, 15) is 19.8 Å². The molecule has 0 aromatic rings. The Morgan fingerprint density at radius 3 is 2.50 bits per heavy atom. The number of aliphatic hydroxyl groups excluding tert-OH is 2. The minimum atomic E-state index is -1.36. The van der Waals surface area contributed by atoms with E-state index in [-0.39, 0.29) is 43.1 Å². The summed E-state index contributed by atoms with van der Waals surface area (Å²) in [4.78, 5) is 25.4. The molecule has 10 atom stereocenters. The average molecular weight is 732 g/mol. The summed E-state index contributed by atoms with van der Waals surface area (Å²) < 4.78 is 30.7. The molecule has 1 amide bonds. The van der Waals surface area contributed by atoms with Gasteiger partial charge in [-0.2, -0.15) is 0 Å². The topological polar surface area (TPSA) is 183 Å². The fourth-order valence-electron chi connectivity index (χ4n) is 7.47. The Morgan fingerprint density at radius 2 is 1.81 bits per heavy atom. The number of carbonyl (C=O) groups is 2. The van der Waals surface area contributed by atoms with Crippen molar-refractivity contribution in [2.45, 2.75) is 153 Å². The van der Waals surface area contributed by atoms with Crippen LogP contribution < -0.4 is 11.1 Å². The molecule has 12 heteroatoms. The number of fused-ring (bicyclic) bond motifs is 1. The van der Waals surface area contributed by atoms with E-state index in [4.69, 9.17) is 34.8 Å². The third-order valence-corrected chi connectivity index (χ3v) is 10.9. The first-order valence-electron chi connectivity index (χ1n) is 18.9. The van der Waals surface area contributed by atoms with Gasteiger partial charge in [-0.25, -0.2) is 0 Å². The highest BCUT2D eigenvalue weighted by Gasteiger charge is 2.56. The molecule has 0 aromatic carbocycles. The summed E-state index contributed by atoms with van der Waals surface area (Å²) in [5.74, 6) is -0.209. The summed E-state index contributed by atoms with van der Waals surface area (Å²) in [6.07, 6.45) is 12.1. The average Bonchev–Trinajstić information content (AvgIpc) is 3.08. The molecule has 3 fully saturated rings. The maximum atomic E-state index is 13.5. The zero-order valence-corrected chi connectivity index (χ0v) is 32.2. The molecule has 52 heavy (non-hydrogen) atoms. The van der Waals surface area contributed by atoms with E-state index >= 15 is 0 Å². The van der Waals surface area contributed by atoms with E-state index in [1.807, 2.05) is 45.9 Å². The lowest BCUT2D eigenvalue weighted by atomic mass is 9.71. The first kappa shape index (κ1) is 43.7. The van der Waals surface area contributed by atoms with Gasteiger partial charge in [0, 0.05) is 56.7 Å². The summed E-state index contributed by atoms with van der Waals surface area (Å²) in [7, 11) is 1.63. The fraction of sp³-hybridized carbons (Fsp3) is 0.725. The number of ketones is 1. The Labute approximate surface area is 310 Å². The Hall–Kier alpha value is -2.71. The number of hydrogen-bond donors (Lipinski definition) is 5. The van der Waals surface area contributed by atoms with Gasteiger partial charge in [0.2, 0.25) is 5.91 Å². The molecule has 0 radical (unpaired) electrons. The van der Waals surface area contributed by atoms with Crippen molar-refractivity contribution in [3.05, 3.63) is 48.6 Å². The van der Waals surface area contributed by atoms with E-state index in [2.05, 4.69) is 11.9 Å². The number of nitrogens with two attached hydrogens (primary N) is 1. The molecule has 3 aliphatic rings. The molecule has 12 nitrogen and oxygen atoms in total. The molecule has 294 valence electrons. The number of nitrogens with one attached hydrogen (secondary N) is 2. The normalized spacial score (nSPS) is 31.8. The van der Waals surface area contributed by atoms with Gasteiger partial charge < -0.3 is 44.9 Å². The van der Waals surface area contributed by atoms with Gasteiger partial charge in [-0.05, 0) is 46.0 Å². The monoisotopic (exact) mass is 731 g/mol. The van der Waals surface area contributed by atoms with E-state index in [1.54, 1.807) is 26.2 Å². The van der Waals surface area contributed by atoms with Gasteiger partial charge in [-0.3, -0.25) is 15.0 Å². The van der Waals surface area contributed by atoms with Gasteiger partial charge in [0.05, 0.1) is 36.4 Å². The van der Waals surface area contributed by atoms with Gasteiger partial charge in [0.1, 0.15) is 30.7 Å². The second-order valence-electron chi connectivity index (χ2n) is 15.5. The van der Waals surface area contributed by atoms with Crippen molar-refractivity contribution in [1.29, 1.82) is 5.41 Å². The molecule has 0 bridgehead atoms. The number of amides is 1. The quantitative estimate of drug-likeness (QED) is 0.0291. The number of carbonyl (C=O) groups excluding carboxylic acids is 2. The molecular weight excluding hydrogens is 666 g/mol. The summed E-state index contributed by atoms with van der Waals surface area (Å²) in [6, 6.07) is 0. The number of ether oxygens (including phenoxy) is 5. The molecule has 6 N–H and O–H groups in total. The van der Waals surface area contributed by atoms with E-state index in [0.29, 0.717) is 32.2 Å². The van der Waals surface area contributed by atoms with Gasteiger partial charge in [-0.15, -0.1) is 0 Å². The number of amidine groups is 1. The van der Waals surface area contributed by atoms with E-state index < -0.39 is 53.4 Å². The minimum Gasteiger partial charge on any atom is -0.393 e. The van der Waals surface area contributed by atoms with Gasteiger partial charge >= 0.3 is 0 Å². The van der Waals surface area contributed by atoms with Crippen molar-refractivity contribution in [3.8, 4) is 0 Å². The van der Waals surface area contributed by atoms with Crippen molar-refractivity contribution >= 4 is 17.5 Å². The van der Waals surface area contributed by atoms with Crippen LogP contribution in [-0.2, 0) is 33.3 Å². The van der Waals surface area contributed by atoms with Crippen LogP contribution >= 0.6 is 0 Å². The van der Waals surface area contributed by atoms with Gasteiger partial charge in [-0.1, -0.05) is 69.7 Å². The predicted molar refractivity (Wildman–Crippen MR) is 201 cm³/mol. The van der Waals surface area contributed by atoms with Crippen molar-refractivity contribution in [2.24, 2.45) is 17.1 Å². The number of rotatable bonds is 20. The molecular formula is C40H65N3O9. The SMILES string of the molecule is C=C1C[C@](C)([C@H](O)C(=O)C[C@H]2OCO[C@H]3[C@@H]2O[C@H](C[C@H](O)CCC/C=C/C=C/C=C/C(=O)NCCCCCC(=N)N)C(C)(C)[C@@H]3OC)O[C@H](C)[C@@H]1C. The fourth-order valence-corrected chi connectivity index (χ4v) is 7.47. The van der Waals surface area contributed by atoms with Crippen molar-refractivity contribution in [3.63, 3.8) is 0 Å².